The maximum absolute atomic E-state index is 14.2. The molecule has 5 nitrogen and oxygen atoms in total. The number of nitrogens with one attached hydrogen (secondary N) is 1. The number of aromatic nitrogens is 5. The van der Waals surface area contributed by atoms with E-state index < -0.39 is 17.3 Å². The van der Waals surface area contributed by atoms with Gasteiger partial charge in [-0.25, -0.2) is 0 Å². The van der Waals surface area contributed by atoms with E-state index in [1.807, 2.05) is 44.2 Å². The molecule has 0 aliphatic rings. The van der Waals surface area contributed by atoms with Gasteiger partial charge < -0.3 is 0 Å². The number of halogens is 2. The van der Waals surface area contributed by atoms with E-state index >= 15 is 0 Å². The van der Waals surface area contributed by atoms with Gasteiger partial charge in [0.25, 0.3) is 0 Å². The molecule has 0 aliphatic carbocycles. The fourth-order valence-corrected chi connectivity index (χ4v) is 3.43. The van der Waals surface area contributed by atoms with Gasteiger partial charge in [-0.2, -0.15) is 18.9 Å². The van der Waals surface area contributed by atoms with Crippen molar-refractivity contribution in [1.29, 1.82) is 0 Å². The van der Waals surface area contributed by atoms with Crippen molar-refractivity contribution in [1.82, 2.24) is 25.1 Å². The van der Waals surface area contributed by atoms with E-state index in [0.717, 1.165) is 28.8 Å². The van der Waals surface area contributed by atoms with Gasteiger partial charge in [0.15, 0.2) is 0 Å². The smallest absolute Gasteiger partial charge is 0.224 e. The first-order valence-electron chi connectivity index (χ1n) is 10.4. The van der Waals surface area contributed by atoms with Gasteiger partial charge in [-0.05, 0) is 56.3 Å². The molecule has 0 spiro atoms. The second-order valence-electron chi connectivity index (χ2n) is 9.33. The van der Waals surface area contributed by atoms with E-state index in [2.05, 4.69) is 40.9 Å². The van der Waals surface area contributed by atoms with Crippen molar-refractivity contribution in [3.63, 3.8) is 0 Å². The predicted molar refractivity (Wildman–Crippen MR) is 120 cm³/mol. The molecule has 0 bridgehead atoms. The van der Waals surface area contributed by atoms with Crippen molar-refractivity contribution in [3.05, 3.63) is 83.6 Å². The van der Waals surface area contributed by atoms with Crippen molar-refractivity contribution < 1.29 is 8.78 Å². The molecule has 0 unspecified atom stereocenters. The lowest BCUT2D eigenvalue weighted by Crippen LogP contribution is -2.22. The zero-order chi connectivity index (χ0) is 23.1. The van der Waals surface area contributed by atoms with Crippen molar-refractivity contribution in [2.75, 3.05) is 0 Å². The molecule has 4 heterocycles. The number of hydrogen-bond acceptors (Lipinski definition) is 4. The van der Waals surface area contributed by atoms with Crippen LogP contribution in [-0.2, 0) is 10.8 Å². The summed E-state index contributed by atoms with van der Waals surface area (Å²) in [5.41, 5.74) is 3.99. The molecular weight excluding hydrogens is 408 g/mol. The van der Waals surface area contributed by atoms with Gasteiger partial charge in [-0.3, -0.25) is 15.1 Å². The normalized spacial score (nSPS) is 12.2. The van der Waals surface area contributed by atoms with Crippen LogP contribution < -0.4 is 0 Å². The van der Waals surface area contributed by atoms with E-state index in [4.69, 9.17) is 4.98 Å². The van der Waals surface area contributed by atoms with E-state index in [1.54, 1.807) is 12.1 Å². The summed E-state index contributed by atoms with van der Waals surface area (Å²) >= 11 is 0. The predicted octanol–water partition coefficient (Wildman–Crippen LogP) is 5.83. The van der Waals surface area contributed by atoms with Crippen LogP contribution in [0.3, 0.4) is 0 Å². The number of rotatable bonds is 4. The molecule has 0 amide bonds. The lowest BCUT2D eigenvalue weighted by atomic mass is 9.84. The quantitative estimate of drug-likeness (QED) is 0.411. The molecule has 0 saturated carbocycles. The Bertz CT molecular complexity index is 1270. The molecule has 0 saturated heterocycles. The summed E-state index contributed by atoms with van der Waals surface area (Å²) in [5, 5.41) is 7.54. The molecule has 0 fully saturated rings. The maximum Gasteiger partial charge on any atom is 0.224 e. The van der Waals surface area contributed by atoms with Crippen LogP contribution in [0.4, 0.5) is 8.78 Å². The third kappa shape index (κ3) is 4.15. The Labute approximate surface area is 186 Å². The standard InChI is InChI=1S/C25H25F2N5/c1-24(2,3)21-14-18(31-32-21)17-9-7-11-20(29-17)25(4,5)19-10-6-8-16(28-19)15-12-13-22(26)30-23(15)27/h6-14H,1-5H3,(H,31,32). The average molecular weight is 434 g/mol. The van der Waals surface area contributed by atoms with Crippen molar-refractivity contribution in [3.8, 4) is 22.6 Å². The van der Waals surface area contributed by atoms with E-state index in [9.17, 15) is 8.78 Å². The fourth-order valence-electron chi connectivity index (χ4n) is 3.43. The first kappa shape index (κ1) is 21.7. The molecule has 4 aromatic rings. The number of hydrogen-bond donors (Lipinski definition) is 1. The maximum atomic E-state index is 14.2. The Morgan fingerprint density at radius 2 is 1.34 bits per heavy atom. The summed E-state index contributed by atoms with van der Waals surface area (Å²) in [4.78, 5) is 12.8. The largest absolute Gasteiger partial charge is 0.281 e. The Morgan fingerprint density at radius 1 is 0.719 bits per heavy atom. The van der Waals surface area contributed by atoms with Crippen LogP contribution in [0.15, 0.2) is 54.6 Å². The van der Waals surface area contributed by atoms with Crippen LogP contribution in [0.5, 0.6) is 0 Å². The van der Waals surface area contributed by atoms with E-state index in [1.165, 1.54) is 6.07 Å². The molecule has 0 aliphatic heterocycles. The lowest BCUT2D eigenvalue weighted by Gasteiger charge is -2.24. The first-order valence-corrected chi connectivity index (χ1v) is 10.4. The summed E-state index contributed by atoms with van der Waals surface area (Å²) in [6.45, 7) is 10.4. The average Bonchev–Trinajstić information content (AvgIpc) is 3.25. The summed E-state index contributed by atoms with van der Waals surface area (Å²) in [7, 11) is 0. The minimum absolute atomic E-state index is 0.0447. The molecule has 7 heteroatoms. The second kappa shape index (κ2) is 7.89. The van der Waals surface area contributed by atoms with Crippen molar-refractivity contribution in [2.24, 2.45) is 0 Å². The minimum Gasteiger partial charge on any atom is -0.281 e. The summed E-state index contributed by atoms with van der Waals surface area (Å²) in [6.07, 6.45) is 0. The summed E-state index contributed by atoms with van der Waals surface area (Å²) in [6, 6.07) is 15.6. The van der Waals surface area contributed by atoms with Crippen LogP contribution in [0.25, 0.3) is 22.6 Å². The topological polar surface area (TPSA) is 67.3 Å². The second-order valence-corrected chi connectivity index (χ2v) is 9.33. The van der Waals surface area contributed by atoms with E-state index in [-0.39, 0.29) is 11.0 Å². The van der Waals surface area contributed by atoms with E-state index in [0.29, 0.717) is 11.4 Å². The van der Waals surface area contributed by atoms with Crippen LogP contribution in [0.1, 0.15) is 51.7 Å². The molecule has 164 valence electrons. The van der Waals surface area contributed by atoms with Gasteiger partial charge in [-0.1, -0.05) is 32.9 Å². The van der Waals surface area contributed by atoms with Crippen LogP contribution >= 0.6 is 0 Å². The molecular formula is C25H25F2N5. The highest BCUT2D eigenvalue weighted by Crippen LogP contribution is 2.32. The third-order valence-corrected chi connectivity index (χ3v) is 5.52. The molecule has 1 N–H and O–H groups in total. The monoisotopic (exact) mass is 433 g/mol. The molecule has 0 atom stereocenters. The number of pyridine rings is 3. The Morgan fingerprint density at radius 3 is 1.94 bits per heavy atom. The fraction of sp³-hybridized carbons (Fsp3) is 0.280. The van der Waals surface area contributed by atoms with Crippen LogP contribution in [0, 0.1) is 11.9 Å². The Balaban J connectivity index is 1.71. The van der Waals surface area contributed by atoms with Gasteiger partial charge in [0.1, 0.15) is 5.69 Å². The number of H-pyrrole nitrogens is 1. The molecule has 32 heavy (non-hydrogen) atoms. The number of nitrogens with zero attached hydrogens (tertiary/aromatic N) is 4. The SMILES string of the molecule is CC(C)(C)c1cc(-c2cccc(C(C)(C)c3cccc(-c4ccc(F)nc4F)n3)n2)n[nH]1. The van der Waals surface area contributed by atoms with Crippen LogP contribution in [-0.4, -0.2) is 25.1 Å². The highest BCUT2D eigenvalue weighted by atomic mass is 19.1. The first-order chi connectivity index (χ1) is 15.1. The molecule has 0 radical (unpaired) electrons. The van der Waals surface area contributed by atoms with Gasteiger partial charge in [0.05, 0.1) is 28.3 Å². The van der Waals surface area contributed by atoms with Gasteiger partial charge in [0, 0.05) is 16.5 Å². The molecule has 4 aromatic heterocycles. The minimum atomic E-state index is -0.888. The summed E-state index contributed by atoms with van der Waals surface area (Å²) < 4.78 is 27.4. The van der Waals surface area contributed by atoms with Gasteiger partial charge in [-0.15, -0.1) is 0 Å². The van der Waals surface area contributed by atoms with Crippen LogP contribution in [0.2, 0.25) is 0 Å². The summed E-state index contributed by atoms with van der Waals surface area (Å²) in [5.74, 6) is -1.75. The lowest BCUT2D eigenvalue weighted by molar-refractivity contribution is 0.514. The van der Waals surface area contributed by atoms with Crippen molar-refractivity contribution in [2.45, 2.75) is 45.4 Å². The highest BCUT2D eigenvalue weighted by Gasteiger charge is 2.28. The van der Waals surface area contributed by atoms with Gasteiger partial charge >= 0.3 is 0 Å². The Kier molecular flexibility index (Phi) is 5.36. The van der Waals surface area contributed by atoms with Crippen molar-refractivity contribution >= 4 is 0 Å². The molecule has 0 aromatic carbocycles. The Hall–Kier alpha value is -3.48. The zero-order valence-electron chi connectivity index (χ0n) is 18.7. The molecule has 4 rings (SSSR count). The van der Waals surface area contributed by atoms with Gasteiger partial charge in [0.2, 0.25) is 11.9 Å². The highest BCUT2D eigenvalue weighted by molar-refractivity contribution is 5.59. The number of aromatic amines is 1. The zero-order valence-corrected chi connectivity index (χ0v) is 18.7. The third-order valence-electron chi connectivity index (χ3n) is 5.52.